The second kappa shape index (κ2) is 9.70. The summed E-state index contributed by atoms with van der Waals surface area (Å²) in [5.41, 5.74) is 5.17. The molecular formula is C25H24N4O2S. The van der Waals surface area contributed by atoms with Crippen LogP contribution in [0.5, 0.6) is 0 Å². The van der Waals surface area contributed by atoms with Gasteiger partial charge in [-0.1, -0.05) is 38.1 Å². The molecule has 4 rings (SSSR count). The predicted octanol–water partition coefficient (Wildman–Crippen LogP) is 6.12. The highest BCUT2D eigenvalue weighted by molar-refractivity contribution is 7.07. The molecule has 0 radical (unpaired) electrons. The summed E-state index contributed by atoms with van der Waals surface area (Å²) in [6, 6.07) is 20.8. The van der Waals surface area contributed by atoms with Gasteiger partial charge < -0.3 is 4.57 Å². The van der Waals surface area contributed by atoms with E-state index in [2.05, 4.69) is 34.8 Å². The molecule has 0 amide bonds. The molecule has 2 aromatic heterocycles. The third kappa shape index (κ3) is 4.84. The third-order valence-electron chi connectivity index (χ3n) is 5.26. The summed E-state index contributed by atoms with van der Waals surface area (Å²) in [6.45, 7) is 5.04. The zero-order chi connectivity index (χ0) is 22.5. The van der Waals surface area contributed by atoms with Crippen molar-refractivity contribution in [1.82, 2.24) is 9.55 Å². The summed E-state index contributed by atoms with van der Waals surface area (Å²) in [5, 5.41) is 13.1. The molecule has 0 aliphatic rings. The van der Waals surface area contributed by atoms with Crippen LogP contribution in [0.2, 0.25) is 0 Å². The van der Waals surface area contributed by atoms with Crippen molar-refractivity contribution in [2.24, 2.45) is 4.99 Å². The molecule has 0 spiro atoms. The Morgan fingerprint density at radius 2 is 1.81 bits per heavy atom. The molecule has 162 valence electrons. The SMILES string of the molecule is CC(C)c1ccccc1N=c1scc(-c2ccc([N+](=O)[O-])cc2)n1CCc1ccccn1. The lowest BCUT2D eigenvalue weighted by molar-refractivity contribution is -0.384. The molecule has 4 aromatic rings. The van der Waals surface area contributed by atoms with Gasteiger partial charge in [0.15, 0.2) is 4.80 Å². The lowest BCUT2D eigenvalue weighted by Crippen LogP contribution is -2.17. The highest BCUT2D eigenvalue weighted by Crippen LogP contribution is 2.27. The zero-order valence-corrected chi connectivity index (χ0v) is 18.8. The Morgan fingerprint density at radius 3 is 2.50 bits per heavy atom. The summed E-state index contributed by atoms with van der Waals surface area (Å²) in [7, 11) is 0. The van der Waals surface area contributed by atoms with E-state index in [-0.39, 0.29) is 10.6 Å². The van der Waals surface area contributed by atoms with E-state index in [9.17, 15) is 10.1 Å². The van der Waals surface area contributed by atoms with Gasteiger partial charge in [-0.25, -0.2) is 4.99 Å². The summed E-state index contributed by atoms with van der Waals surface area (Å²) in [4.78, 5) is 21.0. The van der Waals surface area contributed by atoms with Gasteiger partial charge in [-0.3, -0.25) is 15.1 Å². The molecule has 6 nitrogen and oxygen atoms in total. The van der Waals surface area contributed by atoms with Crippen LogP contribution < -0.4 is 4.80 Å². The average Bonchev–Trinajstić information content (AvgIpc) is 3.21. The van der Waals surface area contributed by atoms with Crippen molar-refractivity contribution in [3.8, 4) is 11.3 Å². The van der Waals surface area contributed by atoms with Crippen LogP contribution in [0.1, 0.15) is 31.0 Å². The summed E-state index contributed by atoms with van der Waals surface area (Å²) < 4.78 is 2.18. The highest BCUT2D eigenvalue weighted by atomic mass is 32.1. The van der Waals surface area contributed by atoms with Gasteiger partial charge in [0.2, 0.25) is 0 Å². The number of pyridine rings is 1. The monoisotopic (exact) mass is 444 g/mol. The largest absolute Gasteiger partial charge is 0.316 e. The lowest BCUT2D eigenvalue weighted by atomic mass is 10.0. The molecule has 0 fully saturated rings. The smallest absolute Gasteiger partial charge is 0.269 e. The second-order valence-corrected chi connectivity index (χ2v) is 8.59. The maximum absolute atomic E-state index is 11.0. The zero-order valence-electron chi connectivity index (χ0n) is 18.0. The van der Waals surface area contributed by atoms with Crippen LogP contribution >= 0.6 is 11.3 Å². The van der Waals surface area contributed by atoms with Gasteiger partial charge in [-0.2, -0.15) is 0 Å². The minimum atomic E-state index is -0.379. The first kappa shape index (κ1) is 21.6. The Bertz CT molecular complexity index is 1280. The number of non-ortho nitro benzene ring substituents is 1. The van der Waals surface area contributed by atoms with Crippen molar-refractivity contribution in [3.63, 3.8) is 0 Å². The topological polar surface area (TPSA) is 73.3 Å². The number of hydrogen-bond donors (Lipinski definition) is 0. The number of nitro benzene ring substituents is 1. The van der Waals surface area contributed by atoms with E-state index >= 15 is 0 Å². The molecule has 0 aliphatic carbocycles. The van der Waals surface area contributed by atoms with E-state index in [1.54, 1.807) is 41.8 Å². The van der Waals surface area contributed by atoms with Gasteiger partial charge >= 0.3 is 0 Å². The van der Waals surface area contributed by atoms with Crippen LogP contribution in [0.15, 0.2) is 83.3 Å². The molecule has 0 saturated carbocycles. The van der Waals surface area contributed by atoms with E-state index in [4.69, 9.17) is 4.99 Å². The molecule has 7 heteroatoms. The fourth-order valence-corrected chi connectivity index (χ4v) is 4.52. The van der Waals surface area contributed by atoms with Gasteiger partial charge in [0.25, 0.3) is 5.69 Å². The van der Waals surface area contributed by atoms with Crippen LogP contribution in [0.3, 0.4) is 0 Å². The number of nitro groups is 1. The molecule has 0 atom stereocenters. The van der Waals surface area contributed by atoms with E-state index in [0.29, 0.717) is 12.5 Å². The van der Waals surface area contributed by atoms with E-state index in [1.165, 1.54) is 5.56 Å². The molecule has 32 heavy (non-hydrogen) atoms. The number of rotatable bonds is 7. The van der Waals surface area contributed by atoms with Crippen LogP contribution in [-0.4, -0.2) is 14.5 Å². The second-order valence-electron chi connectivity index (χ2n) is 7.76. The van der Waals surface area contributed by atoms with E-state index in [1.807, 2.05) is 36.4 Å². The number of thiazole rings is 1. The maximum Gasteiger partial charge on any atom is 0.269 e. The standard InChI is InChI=1S/C25H24N4O2S/c1-18(2)22-8-3-4-9-23(22)27-25-28(16-14-20-7-5-6-15-26-20)24(17-32-25)19-10-12-21(13-11-19)29(30)31/h3-13,15,17-18H,14,16H2,1-2H3. The van der Waals surface area contributed by atoms with Gasteiger partial charge in [0.1, 0.15) is 0 Å². The predicted molar refractivity (Wildman–Crippen MR) is 128 cm³/mol. The van der Waals surface area contributed by atoms with Crippen LogP contribution in [-0.2, 0) is 13.0 Å². The first-order valence-corrected chi connectivity index (χ1v) is 11.4. The van der Waals surface area contributed by atoms with Gasteiger partial charge in [-0.05, 0) is 47.4 Å². The summed E-state index contributed by atoms with van der Waals surface area (Å²) >= 11 is 1.57. The number of aromatic nitrogens is 2. The normalized spacial score (nSPS) is 11.8. The Morgan fingerprint density at radius 1 is 1.06 bits per heavy atom. The molecule has 0 saturated heterocycles. The Labute approximate surface area is 190 Å². The quantitative estimate of drug-likeness (QED) is 0.255. The Balaban J connectivity index is 1.79. The maximum atomic E-state index is 11.0. The van der Waals surface area contributed by atoms with Gasteiger partial charge in [-0.15, -0.1) is 11.3 Å². The molecule has 0 N–H and O–H groups in total. The van der Waals surface area contributed by atoms with Gasteiger partial charge in [0.05, 0.1) is 16.3 Å². The average molecular weight is 445 g/mol. The van der Waals surface area contributed by atoms with E-state index in [0.717, 1.165) is 33.9 Å². The lowest BCUT2D eigenvalue weighted by Gasteiger charge is -2.11. The third-order valence-corrected chi connectivity index (χ3v) is 6.13. The molecular weight excluding hydrogens is 420 g/mol. The molecule has 0 aliphatic heterocycles. The minimum Gasteiger partial charge on any atom is -0.316 e. The molecule has 0 bridgehead atoms. The summed E-state index contributed by atoms with van der Waals surface area (Å²) in [5.74, 6) is 0.367. The van der Waals surface area contributed by atoms with E-state index < -0.39 is 0 Å². The molecule has 0 unspecified atom stereocenters. The van der Waals surface area contributed by atoms with Crippen molar-refractivity contribution in [3.05, 3.63) is 104 Å². The number of benzene rings is 2. The minimum absolute atomic E-state index is 0.0831. The Kier molecular flexibility index (Phi) is 6.56. The van der Waals surface area contributed by atoms with Gasteiger partial charge in [0, 0.05) is 42.4 Å². The fraction of sp³-hybridized carbons (Fsp3) is 0.200. The van der Waals surface area contributed by atoms with Crippen molar-refractivity contribution >= 4 is 22.7 Å². The van der Waals surface area contributed by atoms with Crippen LogP contribution in [0.4, 0.5) is 11.4 Å². The molecule has 2 heterocycles. The first-order chi connectivity index (χ1) is 15.5. The van der Waals surface area contributed by atoms with Crippen molar-refractivity contribution in [1.29, 1.82) is 0 Å². The highest BCUT2D eigenvalue weighted by Gasteiger charge is 2.12. The number of aryl methyl sites for hydroxylation is 1. The Hall–Kier alpha value is -3.58. The number of hydrogen-bond acceptors (Lipinski definition) is 5. The number of nitrogens with zero attached hydrogens (tertiary/aromatic N) is 4. The number of para-hydroxylation sites is 1. The molecule has 2 aromatic carbocycles. The van der Waals surface area contributed by atoms with Crippen molar-refractivity contribution in [2.75, 3.05) is 0 Å². The summed E-state index contributed by atoms with van der Waals surface area (Å²) in [6.07, 6.45) is 2.56. The van der Waals surface area contributed by atoms with Crippen LogP contribution in [0.25, 0.3) is 11.3 Å². The van der Waals surface area contributed by atoms with Crippen LogP contribution in [0, 0.1) is 10.1 Å². The van der Waals surface area contributed by atoms with Crippen molar-refractivity contribution < 1.29 is 4.92 Å². The fourth-order valence-electron chi connectivity index (χ4n) is 3.57. The first-order valence-electron chi connectivity index (χ1n) is 10.5. The van der Waals surface area contributed by atoms with Crippen molar-refractivity contribution in [2.45, 2.75) is 32.7 Å².